The summed E-state index contributed by atoms with van der Waals surface area (Å²) in [4.78, 5) is 41.0. The number of rotatable bonds is 3. The number of carbonyl (C=O) groups excluding carboxylic acids is 3. The molecular weight excluding hydrogens is 332 g/mol. The summed E-state index contributed by atoms with van der Waals surface area (Å²) in [5.74, 6) is 0.300. The summed E-state index contributed by atoms with van der Waals surface area (Å²) in [6.45, 7) is 0.980. The lowest BCUT2D eigenvalue weighted by molar-refractivity contribution is -0.147. The maximum atomic E-state index is 13.1. The van der Waals surface area contributed by atoms with Crippen molar-refractivity contribution in [3.8, 4) is 0 Å². The average molecular weight is 350 g/mol. The highest BCUT2D eigenvalue weighted by Crippen LogP contribution is 2.45. The van der Waals surface area contributed by atoms with E-state index in [2.05, 4.69) is 6.07 Å². The Labute approximate surface area is 143 Å². The quantitative estimate of drug-likeness (QED) is 0.840. The molecule has 0 atom stereocenters. The summed E-state index contributed by atoms with van der Waals surface area (Å²) in [7, 11) is 0. The fourth-order valence-electron chi connectivity index (χ4n) is 3.90. The molecule has 1 aromatic rings. The molecule has 3 heterocycles. The molecule has 3 aliphatic rings. The number of hydrogen-bond donors (Lipinski definition) is 0. The van der Waals surface area contributed by atoms with Gasteiger partial charge in [-0.3, -0.25) is 19.3 Å². The van der Waals surface area contributed by atoms with Crippen molar-refractivity contribution >= 4 is 40.2 Å². The fraction of sp³-hybridized carbons (Fsp3) is 0.562. The van der Waals surface area contributed by atoms with Crippen molar-refractivity contribution in [1.82, 2.24) is 9.80 Å². The number of amides is 3. The number of thiophene rings is 1. The highest BCUT2D eigenvalue weighted by atomic mass is 32.2. The van der Waals surface area contributed by atoms with Gasteiger partial charge in [-0.15, -0.1) is 11.3 Å². The van der Waals surface area contributed by atoms with Crippen LogP contribution in [0, 0.1) is 0 Å². The molecule has 7 heteroatoms. The lowest BCUT2D eigenvalue weighted by atomic mass is 9.81. The molecule has 0 spiro atoms. The first kappa shape index (κ1) is 15.2. The summed E-state index contributed by atoms with van der Waals surface area (Å²) >= 11 is 2.72. The Morgan fingerprint density at radius 3 is 2.52 bits per heavy atom. The number of hydrogen-bond acceptors (Lipinski definition) is 5. The Hall–Kier alpha value is -1.34. The highest BCUT2D eigenvalue weighted by Gasteiger charge is 2.50. The molecule has 23 heavy (non-hydrogen) atoms. The van der Waals surface area contributed by atoms with Crippen molar-refractivity contribution in [2.45, 2.75) is 37.1 Å². The summed E-state index contributed by atoms with van der Waals surface area (Å²) in [6, 6.07) is 3.94. The molecule has 1 aliphatic carbocycles. The fourth-order valence-corrected chi connectivity index (χ4v) is 5.65. The molecule has 3 amide bonds. The SMILES string of the molecule is O=C1CSC(=O)N1C1CN(C(=O)C2(c3cccs3)CCCC2)C1. The van der Waals surface area contributed by atoms with Crippen molar-refractivity contribution in [2.24, 2.45) is 0 Å². The monoisotopic (exact) mass is 350 g/mol. The minimum absolute atomic E-state index is 0.120. The van der Waals surface area contributed by atoms with E-state index < -0.39 is 0 Å². The van der Waals surface area contributed by atoms with E-state index in [9.17, 15) is 14.4 Å². The van der Waals surface area contributed by atoms with E-state index in [0.29, 0.717) is 13.1 Å². The lowest BCUT2D eigenvalue weighted by Gasteiger charge is -2.46. The third-order valence-corrected chi connectivity index (χ3v) is 7.07. The number of likely N-dealkylation sites (tertiary alicyclic amines) is 1. The van der Waals surface area contributed by atoms with Crippen LogP contribution in [0.2, 0.25) is 0 Å². The van der Waals surface area contributed by atoms with Crippen LogP contribution in [0.25, 0.3) is 0 Å². The van der Waals surface area contributed by atoms with E-state index in [1.807, 2.05) is 16.3 Å². The standard InChI is InChI=1S/C16H18N2O3S2/c19-13-10-23-15(21)18(13)11-8-17(9-11)14(20)16(5-1-2-6-16)12-4-3-7-22-12/h3-4,7,11H,1-2,5-6,8-10H2. The molecule has 0 bridgehead atoms. The minimum atomic E-state index is -0.368. The van der Waals surface area contributed by atoms with E-state index >= 15 is 0 Å². The molecule has 1 saturated carbocycles. The van der Waals surface area contributed by atoms with Gasteiger partial charge in [0.1, 0.15) is 0 Å². The number of carbonyl (C=O) groups is 3. The Morgan fingerprint density at radius 1 is 1.22 bits per heavy atom. The van der Waals surface area contributed by atoms with Gasteiger partial charge in [0.05, 0.1) is 17.2 Å². The molecule has 5 nitrogen and oxygen atoms in total. The molecular formula is C16H18N2O3S2. The van der Waals surface area contributed by atoms with E-state index in [0.717, 1.165) is 42.3 Å². The molecule has 0 aromatic carbocycles. The van der Waals surface area contributed by atoms with Gasteiger partial charge in [0.2, 0.25) is 11.8 Å². The van der Waals surface area contributed by atoms with Crippen molar-refractivity contribution < 1.29 is 14.4 Å². The number of imide groups is 1. The van der Waals surface area contributed by atoms with Crippen LogP contribution < -0.4 is 0 Å². The molecule has 1 aromatic heterocycles. The van der Waals surface area contributed by atoms with E-state index in [1.54, 1.807) is 11.3 Å². The van der Waals surface area contributed by atoms with Gasteiger partial charge in [-0.25, -0.2) is 0 Å². The van der Waals surface area contributed by atoms with Crippen LogP contribution in [0.5, 0.6) is 0 Å². The van der Waals surface area contributed by atoms with Gasteiger partial charge in [-0.1, -0.05) is 30.7 Å². The topological polar surface area (TPSA) is 57.7 Å². The predicted molar refractivity (Wildman–Crippen MR) is 89.5 cm³/mol. The highest BCUT2D eigenvalue weighted by molar-refractivity contribution is 8.14. The second-order valence-electron chi connectivity index (χ2n) is 6.45. The molecule has 3 fully saturated rings. The first-order chi connectivity index (χ1) is 11.1. The molecule has 0 radical (unpaired) electrons. The van der Waals surface area contributed by atoms with Crippen LogP contribution in [0.15, 0.2) is 17.5 Å². The van der Waals surface area contributed by atoms with E-state index in [1.165, 1.54) is 4.90 Å². The summed E-state index contributed by atoms with van der Waals surface area (Å²) < 4.78 is 0. The van der Waals surface area contributed by atoms with Crippen LogP contribution in [0.4, 0.5) is 4.79 Å². The molecule has 0 N–H and O–H groups in total. The van der Waals surface area contributed by atoms with Gasteiger partial charge in [-0.2, -0.15) is 0 Å². The second kappa shape index (κ2) is 5.63. The molecule has 0 unspecified atom stereocenters. The maximum Gasteiger partial charge on any atom is 0.289 e. The van der Waals surface area contributed by atoms with Gasteiger partial charge >= 0.3 is 0 Å². The number of thioether (sulfide) groups is 1. The average Bonchev–Trinajstić information content (AvgIpc) is 3.21. The normalized spacial score (nSPS) is 24.3. The summed E-state index contributed by atoms with van der Waals surface area (Å²) in [5.41, 5.74) is -0.368. The van der Waals surface area contributed by atoms with Crippen LogP contribution in [-0.2, 0) is 15.0 Å². The third-order valence-electron chi connectivity index (χ3n) is 5.16. The van der Waals surface area contributed by atoms with Crippen molar-refractivity contribution in [3.05, 3.63) is 22.4 Å². The Bertz CT molecular complexity index is 630. The van der Waals surface area contributed by atoms with Gasteiger partial charge in [-0.05, 0) is 24.3 Å². The zero-order valence-electron chi connectivity index (χ0n) is 12.7. The van der Waals surface area contributed by atoms with Crippen LogP contribution in [-0.4, -0.2) is 51.7 Å². The Kier molecular flexibility index (Phi) is 3.72. The lowest BCUT2D eigenvalue weighted by Crippen LogP contribution is -2.64. The van der Waals surface area contributed by atoms with Gasteiger partial charge in [0.25, 0.3) is 5.24 Å². The zero-order chi connectivity index (χ0) is 16.0. The Morgan fingerprint density at radius 2 is 1.96 bits per heavy atom. The smallest absolute Gasteiger partial charge is 0.289 e. The summed E-state index contributed by atoms with van der Waals surface area (Å²) in [6.07, 6.45) is 3.98. The van der Waals surface area contributed by atoms with E-state index in [-0.39, 0.29) is 34.3 Å². The molecule has 2 saturated heterocycles. The first-order valence-corrected chi connectivity index (χ1v) is 9.80. The van der Waals surface area contributed by atoms with Crippen LogP contribution >= 0.6 is 23.1 Å². The van der Waals surface area contributed by atoms with Gasteiger partial charge in [0.15, 0.2) is 0 Å². The Balaban J connectivity index is 1.48. The van der Waals surface area contributed by atoms with Gasteiger partial charge < -0.3 is 4.90 Å². The third kappa shape index (κ3) is 2.32. The number of nitrogens with zero attached hydrogens (tertiary/aromatic N) is 2. The van der Waals surface area contributed by atoms with Crippen LogP contribution in [0.3, 0.4) is 0 Å². The minimum Gasteiger partial charge on any atom is -0.338 e. The van der Waals surface area contributed by atoms with Crippen molar-refractivity contribution in [1.29, 1.82) is 0 Å². The largest absolute Gasteiger partial charge is 0.338 e. The van der Waals surface area contributed by atoms with Crippen molar-refractivity contribution in [2.75, 3.05) is 18.8 Å². The van der Waals surface area contributed by atoms with Crippen molar-refractivity contribution in [3.63, 3.8) is 0 Å². The molecule has 122 valence electrons. The predicted octanol–water partition coefficient (Wildman–Crippen LogP) is 2.47. The molecule has 2 aliphatic heterocycles. The van der Waals surface area contributed by atoms with Crippen LogP contribution in [0.1, 0.15) is 30.6 Å². The molecule has 4 rings (SSSR count). The van der Waals surface area contributed by atoms with E-state index in [4.69, 9.17) is 0 Å². The first-order valence-electron chi connectivity index (χ1n) is 7.94. The zero-order valence-corrected chi connectivity index (χ0v) is 14.3. The second-order valence-corrected chi connectivity index (χ2v) is 8.32. The maximum absolute atomic E-state index is 13.1. The summed E-state index contributed by atoms with van der Waals surface area (Å²) in [5, 5.41) is 1.86. The van der Waals surface area contributed by atoms with Gasteiger partial charge in [0, 0.05) is 18.0 Å².